The van der Waals surface area contributed by atoms with Crippen LogP contribution in [0, 0.1) is 17.4 Å². The minimum Gasteiger partial charge on any atom is -0.0627 e. The summed E-state index contributed by atoms with van der Waals surface area (Å²) < 4.78 is 0. The van der Waals surface area contributed by atoms with E-state index in [1.165, 1.54) is 12.5 Å². The van der Waals surface area contributed by atoms with Crippen LogP contribution in [0.5, 0.6) is 0 Å². The van der Waals surface area contributed by atoms with Crippen molar-refractivity contribution in [2.24, 2.45) is 11.3 Å². The van der Waals surface area contributed by atoms with Gasteiger partial charge in [-0.15, -0.1) is 0 Å². The van der Waals surface area contributed by atoms with Crippen LogP contribution in [0.4, 0.5) is 0 Å². The Balaban J connectivity index is 2.55. The summed E-state index contributed by atoms with van der Waals surface area (Å²) in [6.07, 6.45) is 1.38. The molecule has 1 fully saturated rings. The lowest BCUT2D eigenvalue weighted by molar-refractivity contribution is 0.285. The summed E-state index contributed by atoms with van der Waals surface area (Å²) in [6, 6.07) is 5.31. The first kappa shape index (κ1) is 11.3. The van der Waals surface area contributed by atoms with Crippen LogP contribution in [-0.2, 0) is 0 Å². The fourth-order valence-electron chi connectivity index (χ4n) is 1.88. The summed E-state index contributed by atoms with van der Waals surface area (Å²) in [5.74, 6) is 0.751. The van der Waals surface area contributed by atoms with E-state index in [0.29, 0.717) is 10.5 Å². The zero-order valence-corrected chi connectivity index (χ0v) is 11.0. The molecule has 1 saturated heterocycles. The van der Waals surface area contributed by atoms with Gasteiger partial charge >= 0.3 is 0 Å². The monoisotopic (exact) mass is 195 g/mol. The van der Waals surface area contributed by atoms with Crippen molar-refractivity contribution in [2.45, 2.75) is 59.0 Å². The second kappa shape index (κ2) is 3.41. The lowest BCUT2D eigenvalue weighted by Gasteiger charge is -2.29. The van der Waals surface area contributed by atoms with Crippen molar-refractivity contribution in [3.8, 4) is 0 Å². The molecular weight excluding hydrogens is 172 g/mol. The Hall–Kier alpha value is 0.217. The lowest BCUT2D eigenvalue weighted by atomic mass is 9.81. The summed E-state index contributed by atoms with van der Waals surface area (Å²) in [7, 11) is -0.308. The highest BCUT2D eigenvalue weighted by atomic mass is 28.3. The molecule has 0 spiro atoms. The predicted molar refractivity (Wildman–Crippen MR) is 61.1 cm³/mol. The number of hydrogen-bond donors (Lipinski definition) is 0. The van der Waals surface area contributed by atoms with Gasteiger partial charge in [0.2, 0.25) is 0 Å². The van der Waals surface area contributed by atoms with Crippen LogP contribution < -0.4 is 0 Å². The summed E-state index contributed by atoms with van der Waals surface area (Å²) >= 11 is 0. The highest BCUT2D eigenvalue weighted by Gasteiger charge is 2.39. The maximum Gasteiger partial charge on any atom is 0.0613 e. The summed E-state index contributed by atoms with van der Waals surface area (Å²) in [5.41, 5.74) is 0.442. The van der Waals surface area contributed by atoms with Gasteiger partial charge in [-0.2, -0.15) is 0 Å². The molecule has 75 valence electrons. The van der Waals surface area contributed by atoms with Gasteiger partial charge in [-0.1, -0.05) is 54.0 Å². The predicted octanol–water partition coefficient (Wildman–Crippen LogP) is 3.97. The highest BCUT2D eigenvalue weighted by molar-refractivity contribution is 6.66. The van der Waals surface area contributed by atoms with Crippen LogP contribution in [0.15, 0.2) is 0 Å². The smallest absolute Gasteiger partial charge is 0.0613 e. The molecule has 1 aliphatic heterocycles. The Labute approximate surface area is 85.7 Å². The molecule has 1 heteroatoms. The molecule has 0 N–H and O–H groups in total. The molecule has 0 bridgehead atoms. The van der Waals surface area contributed by atoms with E-state index in [1.807, 2.05) is 0 Å². The van der Waals surface area contributed by atoms with Crippen LogP contribution in [-0.4, -0.2) is 8.80 Å². The molecule has 1 heterocycles. The molecule has 0 nitrogen and oxygen atoms in total. The molecule has 1 aliphatic rings. The summed E-state index contributed by atoms with van der Waals surface area (Å²) in [4.78, 5) is 0. The van der Waals surface area contributed by atoms with E-state index < -0.39 is 0 Å². The van der Waals surface area contributed by atoms with Crippen molar-refractivity contribution in [3.05, 3.63) is 6.04 Å². The largest absolute Gasteiger partial charge is 0.0627 e. The lowest BCUT2D eigenvalue weighted by Crippen LogP contribution is -2.26. The third-order valence-corrected chi connectivity index (χ3v) is 6.28. The van der Waals surface area contributed by atoms with E-state index in [2.05, 4.69) is 47.6 Å². The highest BCUT2D eigenvalue weighted by Crippen LogP contribution is 2.45. The molecule has 0 saturated carbocycles. The summed E-state index contributed by atoms with van der Waals surface area (Å²) in [6.45, 7) is 14.2. The Bertz CT molecular complexity index is 151. The van der Waals surface area contributed by atoms with Gasteiger partial charge in [-0.25, -0.2) is 0 Å². The Morgan fingerprint density at radius 3 is 1.85 bits per heavy atom. The molecule has 0 amide bonds. The van der Waals surface area contributed by atoms with Gasteiger partial charge in [0, 0.05) is 0 Å². The minimum absolute atomic E-state index is 0.308. The molecular formula is C12H23Si. The normalized spacial score (nSPS) is 26.8. The number of rotatable bonds is 0. The van der Waals surface area contributed by atoms with E-state index in [-0.39, 0.29) is 8.80 Å². The van der Waals surface area contributed by atoms with Crippen LogP contribution in [0.3, 0.4) is 0 Å². The van der Waals surface area contributed by atoms with E-state index in [9.17, 15) is 0 Å². The third kappa shape index (κ3) is 2.83. The molecule has 0 aromatic heterocycles. The molecule has 1 atom stereocenters. The second-order valence-electron chi connectivity index (χ2n) is 6.33. The molecule has 1 unspecified atom stereocenters. The first-order chi connectivity index (χ1) is 5.71. The molecule has 3 radical (unpaired) electrons. The van der Waals surface area contributed by atoms with Crippen LogP contribution >= 0.6 is 0 Å². The zero-order valence-electron chi connectivity index (χ0n) is 9.99. The standard InChI is InChI=1S/C12H23Si/c1-11(2,3)10-7-8-13(9-10)12(4,5)6/h10H,7-8H2,1-6H3. The molecule has 0 aromatic carbocycles. The van der Waals surface area contributed by atoms with Crippen LogP contribution in [0.2, 0.25) is 11.1 Å². The van der Waals surface area contributed by atoms with Crippen molar-refractivity contribution in [2.75, 3.05) is 0 Å². The molecule has 1 rings (SSSR count). The van der Waals surface area contributed by atoms with Gasteiger partial charge in [0.05, 0.1) is 8.80 Å². The third-order valence-electron chi connectivity index (χ3n) is 2.98. The second-order valence-corrected chi connectivity index (χ2v) is 9.58. The van der Waals surface area contributed by atoms with Crippen molar-refractivity contribution in [3.63, 3.8) is 0 Å². The maximum absolute atomic E-state index is 3.87. The summed E-state index contributed by atoms with van der Waals surface area (Å²) in [5, 5.41) is 0.519. The van der Waals surface area contributed by atoms with Crippen molar-refractivity contribution < 1.29 is 0 Å². The topological polar surface area (TPSA) is 0 Å². The maximum atomic E-state index is 3.87. The van der Waals surface area contributed by atoms with Gasteiger partial charge in [-0.05, 0) is 22.4 Å². The fourth-order valence-corrected chi connectivity index (χ4v) is 4.79. The van der Waals surface area contributed by atoms with Gasteiger partial charge in [0.15, 0.2) is 0 Å². The van der Waals surface area contributed by atoms with E-state index in [1.54, 1.807) is 0 Å². The van der Waals surface area contributed by atoms with E-state index >= 15 is 0 Å². The first-order valence-electron chi connectivity index (χ1n) is 5.34. The quantitative estimate of drug-likeness (QED) is 0.513. The zero-order chi connectivity index (χ0) is 10.3. The Morgan fingerprint density at radius 2 is 1.62 bits per heavy atom. The fraction of sp³-hybridized carbons (Fsp3) is 0.917. The van der Waals surface area contributed by atoms with Crippen LogP contribution in [0.1, 0.15) is 48.0 Å². The van der Waals surface area contributed by atoms with Crippen molar-refractivity contribution in [1.82, 2.24) is 0 Å². The van der Waals surface area contributed by atoms with Gasteiger partial charge in [0.1, 0.15) is 0 Å². The van der Waals surface area contributed by atoms with Crippen LogP contribution in [0.25, 0.3) is 0 Å². The molecule has 13 heavy (non-hydrogen) atoms. The Morgan fingerprint density at radius 1 is 1.08 bits per heavy atom. The van der Waals surface area contributed by atoms with E-state index in [0.717, 1.165) is 5.92 Å². The number of hydrogen-bond acceptors (Lipinski definition) is 0. The first-order valence-corrected chi connectivity index (χ1v) is 7.05. The van der Waals surface area contributed by atoms with Gasteiger partial charge in [-0.3, -0.25) is 0 Å². The minimum atomic E-state index is -0.308. The van der Waals surface area contributed by atoms with Crippen molar-refractivity contribution in [1.29, 1.82) is 0 Å². The Kier molecular flexibility index (Phi) is 2.97. The van der Waals surface area contributed by atoms with Crippen molar-refractivity contribution >= 4 is 8.80 Å². The van der Waals surface area contributed by atoms with E-state index in [4.69, 9.17) is 0 Å². The molecule has 0 aliphatic carbocycles. The average Bonchev–Trinajstić information content (AvgIpc) is 2.28. The van der Waals surface area contributed by atoms with Gasteiger partial charge in [0.25, 0.3) is 0 Å². The SMILES string of the molecule is CC(C)(C)C1[C][Si](C(C)(C)C)CC1. The average molecular weight is 195 g/mol. The van der Waals surface area contributed by atoms with Gasteiger partial charge < -0.3 is 0 Å². The molecule has 0 aromatic rings.